The summed E-state index contributed by atoms with van der Waals surface area (Å²) in [5.41, 5.74) is 0.901. The number of hydrogen-bond acceptors (Lipinski definition) is 4. The zero-order valence-electron chi connectivity index (χ0n) is 14.2. The lowest BCUT2D eigenvalue weighted by molar-refractivity contribution is -0.385. The number of hydrogen-bond donors (Lipinski definition) is 1. The van der Waals surface area contributed by atoms with E-state index in [0.29, 0.717) is 12.0 Å². The molecule has 6 heteroatoms. The molecule has 25 heavy (non-hydrogen) atoms. The van der Waals surface area contributed by atoms with Crippen LogP contribution in [0.1, 0.15) is 37.4 Å². The Kier molecular flexibility index (Phi) is 4.44. The Morgan fingerprint density at radius 2 is 1.92 bits per heavy atom. The number of amides is 1. The molecule has 1 atom stereocenters. The van der Waals surface area contributed by atoms with Crippen molar-refractivity contribution in [2.75, 3.05) is 0 Å². The van der Waals surface area contributed by atoms with Gasteiger partial charge < -0.3 is 10.1 Å². The molecular weight excluding hydrogens is 320 g/mol. The van der Waals surface area contributed by atoms with Crippen molar-refractivity contribution in [3.63, 3.8) is 0 Å². The second kappa shape index (κ2) is 6.55. The SMILES string of the molecule is CC1(C)C[C@@H](NC(=O)Cc2ccccc2[N+](=O)[O-])c2ccccc2O1. The van der Waals surface area contributed by atoms with Gasteiger partial charge in [0.2, 0.25) is 5.91 Å². The zero-order valence-corrected chi connectivity index (χ0v) is 14.2. The van der Waals surface area contributed by atoms with E-state index in [0.717, 1.165) is 11.3 Å². The topological polar surface area (TPSA) is 81.5 Å². The first-order valence-corrected chi connectivity index (χ1v) is 8.15. The first kappa shape index (κ1) is 17.0. The van der Waals surface area contributed by atoms with E-state index in [1.54, 1.807) is 18.2 Å². The number of carbonyl (C=O) groups excluding carboxylic acids is 1. The van der Waals surface area contributed by atoms with Crippen LogP contribution in [-0.4, -0.2) is 16.4 Å². The second-order valence-electron chi connectivity index (χ2n) is 6.79. The number of para-hydroxylation sites is 2. The normalized spacial score (nSPS) is 17.9. The summed E-state index contributed by atoms with van der Waals surface area (Å²) in [6, 6.07) is 13.7. The van der Waals surface area contributed by atoms with Gasteiger partial charge in [-0.15, -0.1) is 0 Å². The van der Waals surface area contributed by atoms with Crippen LogP contribution in [-0.2, 0) is 11.2 Å². The highest BCUT2D eigenvalue weighted by Gasteiger charge is 2.34. The van der Waals surface area contributed by atoms with Crippen molar-refractivity contribution in [3.8, 4) is 5.75 Å². The Bertz CT molecular complexity index is 817. The highest BCUT2D eigenvalue weighted by Crippen LogP contribution is 2.39. The maximum atomic E-state index is 12.5. The lowest BCUT2D eigenvalue weighted by Crippen LogP contribution is -2.41. The average molecular weight is 340 g/mol. The molecule has 2 aromatic carbocycles. The van der Waals surface area contributed by atoms with Crippen LogP contribution in [0.5, 0.6) is 5.75 Å². The summed E-state index contributed by atoms with van der Waals surface area (Å²) in [6.45, 7) is 3.95. The molecule has 0 aliphatic carbocycles. The van der Waals surface area contributed by atoms with E-state index in [9.17, 15) is 14.9 Å². The summed E-state index contributed by atoms with van der Waals surface area (Å²) in [5, 5.41) is 14.1. The predicted octanol–water partition coefficient (Wildman–Crippen LogP) is 3.56. The Hall–Kier alpha value is -2.89. The molecular formula is C19H20N2O4. The van der Waals surface area contributed by atoms with E-state index in [-0.39, 0.29) is 24.1 Å². The molecule has 0 fully saturated rings. The second-order valence-corrected chi connectivity index (χ2v) is 6.79. The summed E-state index contributed by atoms with van der Waals surface area (Å²) >= 11 is 0. The molecule has 1 aliphatic rings. The molecule has 0 aromatic heterocycles. The molecule has 130 valence electrons. The number of rotatable bonds is 4. The molecule has 2 aromatic rings. The highest BCUT2D eigenvalue weighted by atomic mass is 16.6. The zero-order chi connectivity index (χ0) is 18.0. The van der Waals surface area contributed by atoms with Crippen molar-refractivity contribution < 1.29 is 14.5 Å². The van der Waals surface area contributed by atoms with Gasteiger partial charge in [0.25, 0.3) is 5.69 Å². The minimum absolute atomic E-state index is 0.0306. The third kappa shape index (κ3) is 3.79. The number of nitro benzene ring substituents is 1. The molecule has 6 nitrogen and oxygen atoms in total. The molecule has 1 heterocycles. The number of carbonyl (C=O) groups is 1. The minimum Gasteiger partial charge on any atom is -0.487 e. The van der Waals surface area contributed by atoms with Gasteiger partial charge in [-0.05, 0) is 19.9 Å². The van der Waals surface area contributed by atoms with Crippen LogP contribution in [0.2, 0.25) is 0 Å². The number of ether oxygens (including phenoxy) is 1. The van der Waals surface area contributed by atoms with Crippen molar-refractivity contribution in [1.82, 2.24) is 5.32 Å². The Labute approximate surface area is 146 Å². The minimum atomic E-state index is -0.463. The van der Waals surface area contributed by atoms with Crippen LogP contribution in [0.15, 0.2) is 48.5 Å². The standard InChI is InChI=1S/C19H20N2O4/c1-19(2)12-15(14-8-4-6-10-17(14)25-19)20-18(22)11-13-7-3-5-9-16(13)21(23)24/h3-10,15H,11-12H2,1-2H3,(H,20,22)/t15-/m1/s1. The molecule has 3 rings (SSSR count). The van der Waals surface area contributed by atoms with Crippen LogP contribution in [0, 0.1) is 10.1 Å². The fourth-order valence-electron chi connectivity index (χ4n) is 3.19. The van der Waals surface area contributed by atoms with Gasteiger partial charge in [0, 0.05) is 23.6 Å². The summed E-state index contributed by atoms with van der Waals surface area (Å²) < 4.78 is 5.96. The van der Waals surface area contributed by atoms with Crippen LogP contribution in [0.25, 0.3) is 0 Å². The van der Waals surface area contributed by atoms with Gasteiger partial charge in [0.15, 0.2) is 0 Å². The number of nitrogens with one attached hydrogen (secondary N) is 1. The largest absolute Gasteiger partial charge is 0.487 e. The van der Waals surface area contributed by atoms with E-state index in [4.69, 9.17) is 4.74 Å². The number of fused-ring (bicyclic) bond motifs is 1. The van der Waals surface area contributed by atoms with Crippen molar-refractivity contribution in [1.29, 1.82) is 0 Å². The quantitative estimate of drug-likeness (QED) is 0.681. The first-order chi connectivity index (χ1) is 11.9. The number of benzene rings is 2. The summed E-state index contributed by atoms with van der Waals surface area (Å²) in [6.07, 6.45) is 0.601. The lowest BCUT2D eigenvalue weighted by atomic mass is 9.89. The van der Waals surface area contributed by atoms with E-state index < -0.39 is 10.5 Å². The average Bonchev–Trinajstić information content (AvgIpc) is 2.54. The smallest absolute Gasteiger partial charge is 0.273 e. The summed E-state index contributed by atoms with van der Waals surface area (Å²) in [7, 11) is 0. The molecule has 0 saturated carbocycles. The highest BCUT2D eigenvalue weighted by molar-refractivity contribution is 5.80. The van der Waals surface area contributed by atoms with Gasteiger partial charge in [-0.25, -0.2) is 0 Å². The van der Waals surface area contributed by atoms with Crippen molar-refractivity contribution in [2.24, 2.45) is 0 Å². The first-order valence-electron chi connectivity index (χ1n) is 8.15. The molecule has 1 aliphatic heterocycles. The molecule has 0 radical (unpaired) electrons. The summed E-state index contributed by atoms with van der Waals surface area (Å²) in [4.78, 5) is 23.1. The monoisotopic (exact) mass is 340 g/mol. The summed E-state index contributed by atoms with van der Waals surface area (Å²) in [5.74, 6) is 0.515. The maximum Gasteiger partial charge on any atom is 0.273 e. The Morgan fingerprint density at radius 3 is 2.68 bits per heavy atom. The molecule has 0 spiro atoms. The van der Waals surface area contributed by atoms with E-state index in [2.05, 4.69) is 5.32 Å². The van der Waals surface area contributed by atoms with E-state index in [1.807, 2.05) is 38.1 Å². The van der Waals surface area contributed by atoms with Crippen LogP contribution in [0.4, 0.5) is 5.69 Å². The molecule has 1 amide bonds. The van der Waals surface area contributed by atoms with Gasteiger partial charge in [-0.3, -0.25) is 14.9 Å². The number of nitro groups is 1. The van der Waals surface area contributed by atoms with Gasteiger partial charge in [-0.2, -0.15) is 0 Å². The van der Waals surface area contributed by atoms with Gasteiger partial charge >= 0.3 is 0 Å². The molecule has 0 bridgehead atoms. The van der Waals surface area contributed by atoms with Crippen molar-refractivity contribution in [3.05, 3.63) is 69.8 Å². The van der Waals surface area contributed by atoms with Crippen LogP contribution < -0.4 is 10.1 Å². The van der Waals surface area contributed by atoms with Crippen LogP contribution >= 0.6 is 0 Å². The lowest BCUT2D eigenvalue weighted by Gasteiger charge is -2.37. The van der Waals surface area contributed by atoms with Crippen molar-refractivity contribution in [2.45, 2.75) is 38.3 Å². The predicted molar refractivity (Wildman–Crippen MR) is 93.5 cm³/mol. The molecule has 0 unspecified atom stereocenters. The van der Waals surface area contributed by atoms with Gasteiger partial charge in [-0.1, -0.05) is 36.4 Å². The third-order valence-corrected chi connectivity index (χ3v) is 4.25. The fraction of sp³-hybridized carbons (Fsp3) is 0.316. The van der Waals surface area contributed by atoms with Gasteiger partial charge in [0.05, 0.1) is 17.4 Å². The van der Waals surface area contributed by atoms with Crippen LogP contribution in [0.3, 0.4) is 0 Å². The van der Waals surface area contributed by atoms with Gasteiger partial charge in [0.1, 0.15) is 11.4 Å². The molecule has 0 saturated heterocycles. The van der Waals surface area contributed by atoms with E-state index >= 15 is 0 Å². The third-order valence-electron chi connectivity index (χ3n) is 4.25. The Balaban J connectivity index is 1.79. The van der Waals surface area contributed by atoms with Crippen molar-refractivity contribution >= 4 is 11.6 Å². The maximum absolute atomic E-state index is 12.5. The van der Waals surface area contributed by atoms with E-state index in [1.165, 1.54) is 6.07 Å². The fourth-order valence-corrected chi connectivity index (χ4v) is 3.19. The molecule has 1 N–H and O–H groups in total. The Morgan fingerprint density at radius 1 is 1.24 bits per heavy atom. The number of nitrogens with zero attached hydrogens (tertiary/aromatic N) is 1.